The van der Waals surface area contributed by atoms with Gasteiger partial charge in [0.15, 0.2) is 0 Å². The minimum absolute atomic E-state index is 0. The van der Waals surface area contributed by atoms with E-state index in [-0.39, 0.29) is 14.9 Å². The third-order valence-corrected chi connectivity index (χ3v) is 2.24. The normalized spacial score (nSPS) is 9.57. The fourth-order valence-electron chi connectivity index (χ4n) is 1.56. The Balaban J connectivity index is 0. The SMILES string of the molecule is C.C.CC(C)c1ccccc1C(C)C. The Hall–Kier alpha value is -0.780. The Bertz CT molecular complexity index is 219. The van der Waals surface area contributed by atoms with E-state index in [2.05, 4.69) is 52.0 Å². The maximum absolute atomic E-state index is 2.25. The topological polar surface area (TPSA) is 0 Å². The first-order valence-corrected chi connectivity index (χ1v) is 4.71. The molecule has 0 aliphatic heterocycles. The van der Waals surface area contributed by atoms with Crippen LogP contribution in [0.2, 0.25) is 0 Å². The maximum Gasteiger partial charge on any atom is -0.0216 e. The van der Waals surface area contributed by atoms with Crippen LogP contribution in [0.15, 0.2) is 24.3 Å². The van der Waals surface area contributed by atoms with Crippen molar-refractivity contribution in [1.29, 1.82) is 0 Å². The fourth-order valence-corrected chi connectivity index (χ4v) is 1.56. The number of hydrogen-bond acceptors (Lipinski definition) is 0. The summed E-state index contributed by atoms with van der Waals surface area (Å²) < 4.78 is 0. The summed E-state index contributed by atoms with van der Waals surface area (Å²) in [7, 11) is 0. The van der Waals surface area contributed by atoms with Crippen LogP contribution in [0.5, 0.6) is 0 Å². The van der Waals surface area contributed by atoms with Crippen LogP contribution in [0.4, 0.5) is 0 Å². The molecule has 0 radical (unpaired) electrons. The van der Waals surface area contributed by atoms with Gasteiger partial charge >= 0.3 is 0 Å². The highest BCUT2D eigenvalue weighted by Crippen LogP contribution is 2.25. The lowest BCUT2D eigenvalue weighted by Gasteiger charge is -2.14. The average molecular weight is 194 g/mol. The zero-order valence-electron chi connectivity index (χ0n) is 8.46. The number of rotatable bonds is 2. The lowest BCUT2D eigenvalue weighted by molar-refractivity contribution is 0.790. The van der Waals surface area contributed by atoms with Gasteiger partial charge in [-0.2, -0.15) is 0 Å². The molecule has 0 amide bonds. The Morgan fingerprint density at radius 2 is 1.00 bits per heavy atom. The lowest BCUT2D eigenvalue weighted by Crippen LogP contribution is -1.97. The molecule has 0 bridgehead atoms. The van der Waals surface area contributed by atoms with Crippen molar-refractivity contribution < 1.29 is 0 Å². The van der Waals surface area contributed by atoms with Crippen molar-refractivity contribution in [2.45, 2.75) is 54.4 Å². The molecule has 82 valence electrons. The average Bonchev–Trinajstić information content (AvgIpc) is 2.04. The first kappa shape index (κ1) is 15.7. The molecule has 0 heterocycles. The third kappa shape index (κ3) is 3.53. The van der Waals surface area contributed by atoms with Crippen molar-refractivity contribution in [2.24, 2.45) is 0 Å². The Kier molecular flexibility index (Phi) is 7.44. The maximum atomic E-state index is 2.25. The van der Waals surface area contributed by atoms with Gasteiger partial charge in [0.25, 0.3) is 0 Å². The molecule has 0 N–H and O–H groups in total. The summed E-state index contributed by atoms with van der Waals surface area (Å²) >= 11 is 0. The van der Waals surface area contributed by atoms with E-state index in [1.807, 2.05) is 0 Å². The molecule has 0 heteroatoms. The smallest absolute Gasteiger partial charge is 0.0216 e. The Morgan fingerprint density at radius 3 is 1.21 bits per heavy atom. The highest BCUT2D eigenvalue weighted by atomic mass is 14.1. The van der Waals surface area contributed by atoms with E-state index >= 15 is 0 Å². The van der Waals surface area contributed by atoms with Crippen LogP contribution in [0.1, 0.15) is 65.5 Å². The summed E-state index contributed by atoms with van der Waals surface area (Å²) in [5.41, 5.74) is 2.99. The summed E-state index contributed by atoms with van der Waals surface area (Å²) in [6.45, 7) is 9.00. The molecule has 0 aromatic heterocycles. The summed E-state index contributed by atoms with van der Waals surface area (Å²) in [5, 5.41) is 0. The molecule has 0 saturated heterocycles. The van der Waals surface area contributed by atoms with Crippen molar-refractivity contribution in [3.8, 4) is 0 Å². The van der Waals surface area contributed by atoms with Crippen molar-refractivity contribution in [3.05, 3.63) is 35.4 Å². The van der Waals surface area contributed by atoms with E-state index in [4.69, 9.17) is 0 Å². The highest BCUT2D eigenvalue weighted by Gasteiger charge is 2.07. The zero-order valence-corrected chi connectivity index (χ0v) is 8.46. The van der Waals surface area contributed by atoms with E-state index in [9.17, 15) is 0 Å². The van der Waals surface area contributed by atoms with Gasteiger partial charge in [0, 0.05) is 0 Å². The number of hydrogen-bond donors (Lipinski definition) is 0. The van der Waals surface area contributed by atoms with Crippen LogP contribution < -0.4 is 0 Å². The van der Waals surface area contributed by atoms with Crippen LogP contribution in [0, 0.1) is 0 Å². The molecule has 0 unspecified atom stereocenters. The fraction of sp³-hybridized carbons (Fsp3) is 0.571. The van der Waals surface area contributed by atoms with Crippen LogP contribution in [0.3, 0.4) is 0 Å². The molecule has 0 spiro atoms. The second kappa shape index (κ2) is 6.64. The van der Waals surface area contributed by atoms with Crippen molar-refractivity contribution in [1.82, 2.24) is 0 Å². The molecular weight excluding hydrogens is 168 g/mol. The molecular formula is C14H26. The summed E-state index contributed by atoms with van der Waals surface area (Å²) in [5.74, 6) is 1.28. The van der Waals surface area contributed by atoms with Crippen LogP contribution in [-0.4, -0.2) is 0 Å². The molecule has 1 aromatic rings. The van der Waals surface area contributed by atoms with E-state index in [0.29, 0.717) is 11.8 Å². The van der Waals surface area contributed by atoms with E-state index < -0.39 is 0 Å². The van der Waals surface area contributed by atoms with Gasteiger partial charge in [-0.05, 0) is 23.0 Å². The largest absolute Gasteiger partial charge is 0.0776 e. The molecule has 0 nitrogen and oxygen atoms in total. The molecule has 0 aliphatic carbocycles. The molecule has 0 saturated carbocycles. The van der Waals surface area contributed by atoms with Crippen LogP contribution in [0.25, 0.3) is 0 Å². The van der Waals surface area contributed by atoms with Crippen LogP contribution in [-0.2, 0) is 0 Å². The summed E-state index contributed by atoms with van der Waals surface area (Å²) in [4.78, 5) is 0. The van der Waals surface area contributed by atoms with E-state index in [1.54, 1.807) is 0 Å². The monoisotopic (exact) mass is 194 g/mol. The van der Waals surface area contributed by atoms with Gasteiger partial charge in [0.1, 0.15) is 0 Å². The second-order valence-electron chi connectivity index (χ2n) is 3.94. The van der Waals surface area contributed by atoms with Gasteiger partial charge < -0.3 is 0 Å². The first-order valence-electron chi connectivity index (χ1n) is 4.71. The Morgan fingerprint density at radius 1 is 0.714 bits per heavy atom. The van der Waals surface area contributed by atoms with Crippen molar-refractivity contribution >= 4 is 0 Å². The van der Waals surface area contributed by atoms with Gasteiger partial charge in [-0.15, -0.1) is 0 Å². The van der Waals surface area contributed by atoms with E-state index in [0.717, 1.165) is 0 Å². The molecule has 0 aliphatic rings. The molecule has 0 fully saturated rings. The van der Waals surface area contributed by atoms with Gasteiger partial charge in [-0.1, -0.05) is 66.8 Å². The zero-order chi connectivity index (χ0) is 9.14. The third-order valence-electron chi connectivity index (χ3n) is 2.24. The predicted molar refractivity (Wildman–Crippen MR) is 68.1 cm³/mol. The quantitative estimate of drug-likeness (QED) is 0.606. The van der Waals surface area contributed by atoms with Gasteiger partial charge in [0.2, 0.25) is 0 Å². The molecule has 1 aromatic carbocycles. The second-order valence-corrected chi connectivity index (χ2v) is 3.94. The van der Waals surface area contributed by atoms with Crippen molar-refractivity contribution in [3.63, 3.8) is 0 Å². The number of benzene rings is 1. The highest BCUT2D eigenvalue weighted by molar-refractivity contribution is 5.31. The predicted octanol–water partition coefficient (Wildman–Crippen LogP) is 5.21. The Labute approximate surface area is 90.4 Å². The molecule has 0 atom stereocenters. The van der Waals surface area contributed by atoms with E-state index in [1.165, 1.54) is 11.1 Å². The van der Waals surface area contributed by atoms with Crippen molar-refractivity contribution in [2.75, 3.05) is 0 Å². The summed E-state index contributed by atoms with van der Waals surface area (Å²) in [6, 6.07) is 8.72. The minimum Gasteiger partial charge on any atom is -0.0776 e. The first-order chi connectivity index (χ1) is 5.63. The molecule has 14 heavy (non-hydrogen) atoms. The summed E-state index contributed by atoms with van der Waals surface area (Å²) in [6.07, 6.45) is 0. The van der Waals surface area contributed by atoms with Gasteiger partial charge in [-0.3, -0.25) is 0 Å². The van der Waals surface area contributed by atoms with Gasteiger partial charge in [-0.25, -0.2) is 0 Å². The minimum atomic E-state index is 0. The lowest BCUT2D eigenvalue weighted by atomic mass is 9.91. The van der Waals surface area contributed by atoms with Gasteiger partial charge in [0.05, 0.1) is 0 Å². The van der Waals surface area contributed by atoms with Crippen LogP contribution >= 0.6 is 0 Å². The molecule has 1 rings (SSSR count). The standard InChI is InChI=1S/C12H18.2CH4/c1-9(2)11-7-5-6-8-12(11)10(3)4;;/h5-10H,1-4H3;2*1H4.